The van der Waals surface area contributed by atoms with Crippen molar-refractivity contribution in [3.63, 3.8) is 0 Å². The Bertz CT molecular complexity index is 950. The van der Waals surface area contributed by atoms with Crippen LogP contribution in [-0.4, -0.2) is 30.2 Å². The number of ketones is 1. The molecule has 1 heterocycles. The molecule has 0 unspecified atom stereocenters. The van der Waals surface area contributed by atoms with E-state index >= 15 is 0 Å². The summed E-state index contributed by atoms with van der Waals surface area (Å²) in [5.74, 6) is -2.07. The highest BCUT2D eigenvalue weighted by Gasteiger charge is 2.58. The van der Waals surface area contributed by atoms with Gasteiger partial charge in [-0.15, -0.1) is 0 Å². The van der Waals surface area contributed by atoms with Crippen molar-refractivity contribution in [1.29, 1.82) is 0 Å². The topological polar surface area (TPSA) is 80.8 Å². The Morgan fingerprint density at radius 2 is 1.78 bits per heavy atom. The molecule has 3 aliphatic rings. The van der Waals surface area contributed by atoms with Gasteiger partial charge in [0.05, 0.1) is 30.6 Å². The Labute approximate surface area is 189 Å². The maximum Gasteiger partial charge on any atom is 0.306 e. The summed E-state index contributed by atoms with van der Waals surface area (Å²) in [5, 5.41) is 0. The largest absolute Gasteiger partial charge is 0.466 e. The summed E-state index contributed by atoms with van der Waals surface area (Å²) in [7, 11) is 0. The summed E-state index contributed by atoms with van der Waals surface area (Å²) in [6, 6.07) is 9.04. The molecule has 6 heteroatoms. The number of para-hydroxylation sites is 1. The van der Waals surface area contributed by atoms with E-state index in [9.17, 15) is 19.2 Å². The number of ether oxygens (including phenoxy) is 1. The Hall–Kier alpha value is -2.76. The van der Waals surface area contributed by atoms with Crippen LogP contribution < -0.4 is 4.90 Å². The van der Waals surface area contributed by atoms with Crippen LogP contribution in [0.15, 0.2) is 41.5 Å². The summed E-state index contributed by atoms with van der Waals surface area (Å²) < 4.78 is 5.24. The molecule has 2 amide bonds. The van der Waals surface area contributed by atoms with Gasteiger partial charge in [-0.3, -0.25) is 19.3 Å². The zero-order chi connectivity index (χ0) is 22.8. The van der Waals surface area contributed by atoms with Gasteiger partial charge in [-0.2, -0.15) is 0 Å². The van der Waals surface area contributed by atoms with Crippen molar-refractivity contribution in [3.05, 3.63) is 41.5 Å². The average Bonchev–Trinajstić information content (AvgIpc) is 3.04. The Morgan fingerprint density at radius 3 is 2.47 bits per heavy atom. The van der Waals surface area contributed by atoms with Gasteiger partial charge in [0, 0.05) is 12.3 Å². The molecule has 1 aromatic carbocycles. The number of rotatable bonds is 7. The number of fused-ring (bicyclic) bond motifs is 3. The van der Waals surface area contributed by atoms with Crippen molar-refractivity contribution in [2.75, 3.05) is 11.5 Å². The van der Waals surface area contributed by atoms with Crippen LogP contribution in [-0.2, 0) is 23.9 Å². The second-order valence-electron chi connectivity index (χ2n) is 9.12. The van der Waals surface area contributed by atoms with Gasteiger partial charge in [-0.25, -0.2) is 0 Å². The molecule has 0 spiro atoms. The van der Waals surface area contributed by atoms with Crippen LogP contribution in [0.4, 0.5) is 5.69 Å². The molecule has 2 aliphatic carbocycles. The fourth-order valence-corrected chi connectivity index (χ4v) is 5.99. The molecule has 4 rings (SSSR count). The van der Waals surface area contributed by atoms with Gasteiger partial charge in [-0.1, -0.05) is 35.8 Å². The number of allylic oxidation sites excluding steroid dienone is 2. The monoisotopic (exact) mass is 437 g/mol. The van der Waals surface area contributed by atoms with Crippen molar-refractivity contribution in [1.82, 2.24) is 0 Å². The smallest absolute Gasteiger partial charge is 0.306 e. The molecule has 4 atom stereocenters. The van der Waals surface area contributed by atoms with Crippen LogP contribution in [0.3, 0.4) is 0 Å². The van der Waals surface area contributed by atoms with Crippen LogP contribution in [0.5, 0.6) is 0 Å². The first kappa shape index (κ1) is 22.4. The number of Topliss-reactive ketones (excluding diaryl/α,β-unsaturated/α-hetero) is 1. The fraction of sp³-hybridized carbons (Fsp3) is 0.538. The zero-order valence-corrected chi connectivity index (χ0v) is 18.8. The molecular formula is C26H31NO5. The molecule has 0 N–H and O–H groups in total. The van der Waals surface area contributed by atoms with E-state index in [4.69, 9.17) is 4.74 Å². The highest BCUT2D eigenvalue weighted by atomic mass is 16.5. The molecule has 1 aliphatic heterocycles. The van der Waals surface area contributed by atoms with Crippen LogP contribution in [0.2, 0.25) is 0 Å². The second kappa shape index (κ2) is 9.39. The SMILES string of the molecule is CCOC(=O)C[C@@H]1C(CCC(C)=O)=C2CCCC[C@H]2[C@@H]2C(=O)N(c3ccccc3)C(=O)[C@@H]21. The summed E-state index contributed by atoms with van der Waals surface area (Å²) in [6.45, 7) is 3.59. The molecule has 1 saturated carbocycles. The first-order chi connectivity index (χ1) is 15.4. The lowest BCUT2D eigenvalue weighted by Gasteiger charge is -2.42. The Kier molecular flexibility index (Phi) is 6.58. The van der Waals surface area contributed by atoms with E-state index < -0.39 is 17.8 Å². The van der Waals surface area contributed by atoms with Gasteiger partial charge in [-0.05, 0) is 57.6 Å². The number of imide groups is 1. The number of carbonyl (C=O) groups is 4. The second-order valence-corrected chi connectivity index (χ2v) is 9.12. The number of carbonyl (C=O) groups excluding carboxylic acids is 4. The maximum atomic E-state index is 13.7. The summed E-state index contributed by atoms with van der Waals surface area (Å²) in [6.07, 6.45) is 4.78. The van der Waals surface area contributed by atoms with E-state index in [1.165, 1.54) is 10.5 Å². The molecule has 6 nitrogen and oxygen atoms in total. The lowest BCUT2D eigenvalue weighted by Crippen LogP contribution is -2.41. The maximum absolute atomic E-state index is 13.7. The summed E-state index contributed by atoms with van der Waals surface area (Å²) in [5.41, 5.74) is 2.84. The van der Waals surface area contributed by atoms with Crippen LogP contribution in [0.25, 0.3) is 0 Å². The molecule has 1 aromatic rings. The van der Waals surface area contributed by atoms with E-state index in [1.54, 1.807) is 26.0 Å². The number of hydrogen-bond donors (Lipinski definition) is 0. The van der Waals surface area contributed by atoms with Gasteiger partial charge < -0.3 is 9.53 Å². The van der Waals surface area contributed by atoms with Crippen molar-refractivity contribution in [3.8, 4) is 0 Å². The van der Waals surface area contributed by atoms with E-state index in [2.05, 4.69) is 0 Å². The van der Waals surface area contributed by atoms with Crippen molar-refractivity contribution < 1.29 is 23.9 Å². The lowest BCUT2D eigenvalue weighted by molar-refractivity contribution is -0.145. The molecule has 1 saturated heterocycles. The Morgan fingerprint density at radius 1 is 1.06 bits per heavy atom. The van der Waals surface area contributed by atoms with Gasteiger partial charge in [0.15, 0.2) is 0 Å². The highest BCUT2D eigenvalue weighted by molar-refractivity contribution is 6.22. The van der Waals surface area contributed by atoms with Gasteiger partial charge in [0.1, 0.15) is 5.78 Å². The highest BCUT2D eigenvalue weighted by Crippen LogP contribution is 2.54. The van der Waals surface area contributed by atoms with Gasteiger partial charge in [0.2, 0.25) is 11.8 Å². The van der Waals surface area contributed by atoms with Crippen molar-refractivity contribution in [2.24, 2.45) is 23.7 Å². The van der Waals surface area contributed by atoms with Gasteiger partial charge >= 0.3 is 5.97 Å². The fourth-order valence-electron chi connectivity index (χ4n) is 5.99. The number of anilines is 1. The molecule has 0 bridgehead atoms. The zero-order valence-electron chi connectivity index (χ0n) is 18.8. The molecule has 0 radical (unpaired) electrons. The molecule has 2 fully saturated rings. The minimum absolute atomic E-state index is 0.0133. The van der Waals surface area contributed by atoms with E-state index in [1.807, 2.05) is 18.2 Å². The third-order valence-corrected chi connectivity index (χ3v) is 7.24. The molecule has 0 aromatic heterocycles. The average molecular weight is 438 g/mol. The number of benzene rings is 1. The minimum Gasteiger partial charge on any atom is -0.466 e. The lowest BCUT2D eigenvalue weighted by atomic mass is 9.59. The number of esters is 1. The van der Waals surface area contributed by atoms with Crippen LogP contribution in [0, 0.1) is 23.7 Å². The van der Waals surface area contributed by atoms with E-state index in [-0.39, 0.29) is 42.5 Å². The molecular weight excluding hydrogens is 406 g/mol. The minimum atomic E-state index is -0.582. The normalized spacial score (nSPS) is 27.2. The quantitative estimate of drug-likeness (QED) is 0.362. The van der Waals surface area contributed by atoms with E-state index in [0.717, 1.165) is 31.3 Å². The third-order valence-electron chi connectivity index (χ3n) is 7.24. The first-order valence-electron chi connectivity index (χ1n) is 11.7. The standard InChI is InChI=1S/C26H31NO5/c1-3-32-22(29)15-21-19(14-13-16(2)28)18-11-7-8-12-20(18)23-24(21)26(31)27(25(23)30)17-9-5-4-6-10-17/h4-6,9-10,20-21,23-24H,3,7-8,11-15H2,1-2H3/t20-,21-,23+,24-/m1/s1. The number of hydrogen-bond acceptors (Lipinski definition) is 5. The molecule has 32 heavy (non-hydrogen) atoms. The Balaban J connectivity index is 1.79. The van der Waals surface area contributed by atoms with Crippen LogP contribution >= 0.6 is 0 Å². The third kappa shape index (κ3) is 4.03. The predicted molar refractivity (Wildman–Crippen MR) is 120 cm³/mol. The number of nitrogens with zero attached hydrogens (tertiary/aromatic N) is 1. The summed E-state index contributed by atoms with van der Waals surface area (Å²) in [4.78, 5) is 53.1. The first-order valence-corrected chi connectivity index (χ1v) is 11.7. The predicted octanol–water partition coefficient (Wildman–Crippen LogP) is 4.23. The number of amides is 2. The van der Waals surface area contributed by atoms with Crippen molar-refractivity contribution in [2.45, 2.75) is 58.8 Å². The van der Waals surface area contributed by atoms with Gasteiger partial charge in [0.25, 0.3) is 0 Å². The molecule has 170 valence electrons. The van der Waals surface area contributed by atoms with Crippen molar-refractivity contribution >= 4 is 29.3 Å². The van der Waals surface area contributed by atoms with E-state index in [0.29, 0.717) is 18.5 Å². The summed E-state index contributed by atoms with van der Waals surface area (Å²) >= 11 is 0. The van der Waals surface area contributed by atoms with Crippen LogP contribution in [0.1, 0.15) is 58.8 Å².